The van der Waals surface area contributed by atoms with Crippen LogP contribution in [0.25, 0.3) is 0 Å². The molecule has 0 bridgehead atoms. The van der Waals surface area contributed by atoms with E-state index in [1.165, 1.54) is 0 Å². The average molecular weight is 422 g/mol. The number of anilines is 1. The molecule has 2 rings (SSSR count). The number of carbonyl (C=O) groups is 2. The van der Waals surface area contributed by atoms with Gasteiger partial charge in [-0.25, -0.2) is 18.0 Å². The third-order valence-electron chi connectivity index (χ3n) is 4.00. The summed E-state index contributed by atoms with van der Waals surface area (Å²) in [5.41, 5.74) is 0.0935. The molecule has 11 heteroatoms. The molecule has 0 amide bonds. The molecule has 154 valence electrons. The average Bonchev–Trinajstić information content (AvgIpc) is 2.62. The smallest absolute Gasteiger partial charge is 0.335 e. The van der Waals surface area contributed by atoms with Gasteiger partial charge in [-0.1, -0.05) is 29.8 Å². The Morgan fingerprint density at radius 2 is 1.76 bits per heavy atom. The molecule has 0 heterocycles. The Bertz CT molecular complexity index is 1050. The van der Waals surface area contributed by atoms with Crippen LogP contribution in [0.2, 0.25) is 0 Å². The molecular formula is C18H18N2O8S. The van der Waals surface area contributed by atoms with Gasteiger partial charge in [-0.2, -0.15) is 0 Å². The molecule has 0 radical (unpaired) electrons. The zero-order chi connectivity index (χ0) is 21.8. The van der Waals surface area contributed by atoms with Crippen molar-refractivity contribution in [1.82, 2.24) is 0 Å². The molecule has 29 heavy (non-hydrogen) atoms. The number of nitrogens with one attached hydrogen (secondary N) is 1. The number of sulfone groups is 1. The van der Waals surface area contributed by atoms with Crippen molar-refractivity contribution in [2.75, 3.05) is 11.1 Å². The second-order valence-electron chi connectivity index (χ2n) is 6.37. The lowest BCUT2D eigenvalue weighted by atomic mass is 10.1. The van der Waals surface area contributed by atoms with Gasteiger partial charge < -0.3 is 15.5 Å². The van der Waals surface area contributed by atoms with Crippen molar-refractivity contribution in [3.63, 3.8) is 0 Å². The molecular weight excluding hydrogens is 404 g/mol. The van der Waals surface area contributed by atoms with Gasteiger partial charge in [0.2, 0.25) is 0 Å². The molecule has 2 aromatic rings. The van der Waals surface area contributed by atoms with Crippen LogP contribution in [0.3, 0.4) is 0 Å². The Balaban J connectivity index is 2.26. The van der Waals surface area contributed by atoms with Crippen molar-refractivity contribution in [3.8, 4) is 0 Å². The van der Waals surface area contributed by atoms with E-state index in [-0.39, 0.29) is 11.3 Å². The van der Waals surface area contributed by atoms with Gasteiger partial charge >= 0.3 is 11.9 Å². The van der Waals surface area contributed by atoms with Crippen molar-refractivity contribution in [2.24, 2.45) is 0 Å². The Morgan fingerprint density at radius 3 is 2.28 bits per heavy atom. The van der Waals surface area contributed by atoms with Gasteiger partial charge in [-0.05, 0) is 24.6 Å². The molecule has 1 unspecified atom stereocenters. The second kappa shape index (κ2) is 8.69. The topological polar surface area (TPSA) is 164 Å². The molecule has 2 aromatic carbocycles. The summed E-state index contributed by atoms with van der Waals surface area (Å²) in [6.07, 6.45) is 0. The number of aliphatic carboxylic acids is 1. The third kappa shape index (κ3) is 6.01. The summed E-state index contributed by atoms with van der Waals surface area (Å²) < 4.78 is 24.9. The first kappa shape index (κ1) is 21.8. The van der Waals surface area contributed by atoms with E-state index in [2.05, 4.69) is 5.32 Å². The molecule has 0 aromatic heterocycles. The van der Waals surface area contributed by atoms with E-state index >= 15 is 0 Å². The maximum Gasteiger partial charge on any atom is 0.335 e. The van der Waals surface area contributed by atoms with Gasteiger partial charge in [0, 0.05) is 6.07 Å². The number of hydrogen-bond donors (Lipinski definition) is 3. The number of aryl methyl sites for hydroxylation is 1. The first-order valence-corrected chi connectivity index (χ1v) is 10.1. The Hall–Kier alpha value is -3.47. The summed E-state index contributed by atoms with van der Waals surface area (Å²) in [6.45, 7) is 1.84. The van der Waals surface area contributed by atoms with Crippen molar-refractivity contribution < 1.29 is 33.1 Å². The predicted molar refractivity (Wildman–Crippen MR) is 104 cm³/mol. The molecule has 0 aliphatic carbocycles. The van der Waals surface area contributed by atoms with E-state index in [4.69, 9.17) is 5.11 Å². The van der Waals surface area contributed by atoms with Crippen LogP contribution >= 0.6 is 0 Å². The van der Waals surface area contributed by atoms with Gasteiger partial charge in [0.15, 0.2) is 9.84 Å². The Morgan fingerprint density at radius 1 is 1.14 bits per heavy atom. The number of nitrogens with zero attached hydrogens (tertiary/aromatic N) is 1. The van der Waals surface area contributed by atoms with Crippen LogP contribution in [0.15, 0.2) is 42.5 Å². The number of hydrogen-bond acceptors (Lipinski definition) is 7. The largest absolute Gasteiger partial charge is 0.480 e. The van der Waals surface area contributed by atoms with E-state index in [0.29, 0.717) is 5.56 Å². The standard InChI is InChI=1S/C18H18N2O8S/c1-11-2-4-12(5-3-11)9-29(27,28)10-15(18(23)24)19-14-7-6-13(17(21)22)8-16(14)20(25)26/h2-8,15,19H,9-10H2,1H3,(H,21,22)(H,23,24). The minimum absolute atomic E-state index is 0.294. The molecule has 3 N–H and O–H groups in total. The Labute approximate surface area is 165 Å². The first-order valence-electron chi connectivity index (χ1n) is 8.25. The van der Waals surface area contributed by atoms with E-state index in [1.54, 1.807) is 24.3 Å². The van der Waals surface area contributed by atoms with Crippen molar-refractivity contribution in [3.05, 3.63) is 69.3 Å². The molecule has 0 saturated carbocycles. The maximum atomic E-state index is 12.4. The lowest BCUT2D eigenvalue weighted by Gasteiger charge is -2.16. The quantitative estimate of drug-likeness (QED) is 0.405. The summed E-state index contributed by atoms with van der Waals surface area (Å²) in [7, 11) is -3.87. The van der Waals surface area contributed by atoms with Crippen LogP contribution in [0.5, 0.6) is 0 Å². The van der Waals surface area contributed by atoms with Crippen molar-refractivity contribution >= 4 is 33.2 Å². The monoisotopic (exact) mass is 422 g/mol. The van der Waals surface area contributed by atoms with Gasteiger partial charge in [-0.15, -0.1) is 0 Å². The highest BCUT2D eigenvalue weighted by Crippen LogP contribution is 2.27. The fourth-order valence-corrected chi connectivity index (χ4v) is 4.10. The fraction of sp³-hybridized carbons (Fsp3) is 0.222. The summed E-state index contributed by atoms with van der Waals surface area (Å²) in [4.78, 5) is 32.9. The molecule has 0 aliphatic heterocycles. The SMILES string of the molecule is Cc1ccc(CS(=O)(=O)CC(Nc2ccc(C(=O)O)cc2[N+](=O)[O-])C(=O)O)cc1. The first-order chi connectivity index (χ1) is 13.5. The molecule has 0 spiro atoms. The van der Waals surface area contributed by atoms with Gasteiger partial charge in [-0.3, -0.25) is 10.1 Å². The number of rotatable bonds is 9. The third-order valence-corrected chi connectivity index (χ3v) is 5.61. The second-order valence-corrected chi connectivity index (χ2v) is 8.48. The predicted octanol–water partition coefficient (Wildman–Crippen LogP) is 2.08. The van der Waals surface area contributed by atoms with Crippen LogP contribution in [0.4, 0.5) is 11.4 Å². The lowest BCUT2D eigenvalue weighted by molar-refractivity contribution is -0.384. The highest BCUT2D eigenvalue weighted by Gasteiger charge is 2.28. The van der Waals surface area contributed by atoms with Crippen LogP contribution < -0.4 is 5.32 Å². The molecule has 0 aliphatic rings. The Kier molecular flexibility index (Phi) is 6.54. The number of nitro benzene ring substituents is 1. The summed E-state index contributed by atoms with van der Waals surface area (Å²) in [5.74, 6) is -4.11. The summed E-state index contributed by atoms with van der Waals surface area (Å²) >= 11 is 0. The van der Waals surface area contributed by atoms with Gasteiger partial charge in [0.1, 0.15) is 11.7 Å². The number of carboxylic acids is 2. The van der Waals surface area contributed by atoms with Crippen LogP contribution in [0, 0.1) is 17.0 Å². The summed E-state index contributed by atoms with van der Waals surface area (Å²) in [5, 5.41) is 31.9. The van der Waals surface area contributed by atoms with Crippen LogP contribution in [-0.2, 0) is 20.4 Å². The lowest BCUT2D eigenvalue weighted by Crippen LogP contribution is -2.37. The van der Waals surface area contributed by atoms with Gasteiger partial charge in [0.25, 0.3) is 5.69 Å². The zero-order valence-corrected chi connectivity index (χ0v) is 16.0. The van der Waals surface area contributed by atoms with Crippen molar-refractivity contribution in [2.45, 2.75) is 18.7 Å². The van der Waals surface area contributed by atoms with E-state index in [9.17, 15) is 33.2 Å². The molecule has 0 fully saturated rings. The number of benzene rings is 2. The van der Waals surface area contributed by atoms with E-state index in [1.807, 2.05) is 6.92 Å². The minimum atomic E-state index is -3.87. The van der Waals surface area contributed by atoms with Crippen molar-refractivity contribution in [1.29, 1.82) is 0 Å². The maximum absolute atomic E-state index is 12.4. The minimum Gasteiger partial charge on any atom is -0.480 e. The molecule has 0 saturated heterocycles. The van der Waals surface area contributed by atoms with Gasteiger partial charge in [0.05, 0.1) is 22.0 Å². The highest BCUT2D eigenvalue weighted by atomic mass is 32.2. The fourth-order valence-electron chi connectivity index (χ4n) is 2.55. The van der Waals surface area contributed by atoms with E-state index in [0.717, 1.165) is 23.8 Å². The van der Waals surface area contributed by atoms with Crippen LogP contribution in [0.1, 0.15) is 21.5 Å². The van der Waals surface area contributed by atoms with Crippen LogP contribution in [-0.4, -0.2) is 47.3 Å². The normalized spacial score (nSPS) is 12.2. The number of aromatic carboxylic acids is 1. The highest BCUT2D eigenvalue weighted by molar-refractivity contribution is 7.90. The number of nitro groups is 1. The molecule has 1 atom stereocenters. The van der Waals surface area contributed by atoms with E-state index < -0.39 is 49.9 Å². The zero-order valence-electron chi connectivity index (χ0n) is 15.2. The number of carboxylic acid groups (broad SMARTS) is 2. The summed E-state index contributed by atoms with van der Waals surface area (Å²) in [6, 6.07) is 7.87. The molecule has 10 nitrogen and oxygen atoms in total.